The van der Waals surface area contributed by atoms with Crippen molar-refractivity contribution < 1.29 is 4.79 Å². The molecule has 0 spiro atoms. The van der Waals surface area contributed by atoms with Gasteiger partial charge in [-0.05, 0) is 25.3 Å². The number of piperidine rings is 1. The van der Waals surface area contributed by atoms with Gasteiger partial charge in [0.1, 0.15) is 0 Å². The van der Waals surface area contributed by atoms with Crippen LogP contribution in [-0.2, 0) is 4.79 Å². The molecule has 1 saturated heterocycles. The molecule has 2 heteroatoms. The lowest BCUT2D eigenvalue weighted by Gasteiger charge is -2.24. The summed E-state index contributed by atoms with van der Waals surface area (Å²) >= 11 is 0. The molecule has 0 atom stereocenters. The van der Waals surface area contributed by atoms with E-state index >= 15 is 0 Å². The van der Waals surface area contributed by atoms with E-state index in [0.717, 1.165) is 13.1 Å². The molecule has 13 heavy (non-hydrogen) atoms. The Hall–Kier alpha value is -0.790. The first kappa shape index (κ1) is 10.3. The van der Waals surface area contributed by atoms with Crippen LogP contribution >= 0.6 is 0 Å². The fourth-order valence-electron chi connectivity index (χ4n) is 1.44. The van der Waals surface area contributed by atoms with Gasteiger partial charge in [-0.25, -0.2) is 0 Å². The first-order valence-electron chi connectivity index (χ1n) is 5.16. The monoisotopic (exact) mass is 181 g/mol. The van der Waals surface area contributed by atoms with Gasteiger partial charge < -0.3 is 4.90 Å². The molecule has 0 aliphatic carbocycles. The molecule has 0 amide bonds. The lowest BCUT2D eigenvalue weighted by molar-refractivity contribution is -0.117. The Kier molecular flexibility index (Phi) is 4.00. The normalized spacial score (nSPS) is 18.5. The molecule has 1 heterocycles. The van der Waals surface area contributed by atoms with Gasteiger partial charge in [-0.2, -0.15) is 0 Å². The summed E-state index contributed by atoms with van der Waals surface area (Å²) in [5.74, 6) is 0.353. The third-order valence-corrected chi connectivity index (χ3v) is 2.41. The molecule has 74 valence electrons. The first-order valence-corrected chi connectivity index (χ1v) is 5.16. The Morgan fingerprint density at radius 2 is 1.85 bits per heavy atom. The van der Waals surface area contributed by atoms with Crippen LogP contribution in [0.3, 0.4) is 0 Å². The predicted molar refractivity (Wildman–Crippen MR) is 54.4 cm³/mol. The lowest BCUT2D eigenvalue weighted by atomic mass is 10.1. The van der Waals surface area contributed by atoms with Crippen molar-refractivity contribution in [2.45, 2.75) is 33.1 Å². The highest BCUT2D eigenvalue weighted by molar-refractivity contribution is 5.90. The fraction of sp³-hybridized carbons (Fsp3) is 0.727. The largest absolute Gasteiger partial charge is 0.377 e. The van der Waals surface area contributed by atoms with Gasteiger partial charge in [0.2, 0.25) is 0 Å². The van der Waals surface area contributed by atoms with E-state index in [0.29, 0.717) is 0 Å². The average Bonchev–Trinajstić information content (AvgIpc) is 2.15. The van der Waals surface area contributed by atoms with E-state index in [9.17, 15) is 4.79 Å². The molecule has 1 aliphatic heterocycles. The first-order chi connectivity index (χ1) is 6.20. The Labute approximate surface area is 80.6 Å². The molecule has 1 fully saturated rings. The highest BCUT2D eigenvalue weighted by atomic mass is 16.1. The maximum Gasteiger partial charge on any atom is 0.159 e. The predicted octanol–water partition coefficient (Wildman–Crippen LogP) is 2.21. The summed E-state index contributed by atoms with van der Waals surface area (Å²) in [5, 5.41) is 0. The third-order valence-electron chi connectivity index (χ3n) is 2.41. The van der Waals surface area contributed by atoms with Gasteiger partial charge in [-0.3, -0.25) is 4.79 Å². The Bertz CT molecular complexity index is 190. The number of hydrogen-bond acceptors (Lipinski definition) is 2. The van der Waals surface area contributed by atoms with Crippen molar-refractivity contribution in [2.24, 2.45) is 5.92 Å². The van der Waals surface area contributed by atoms with Crippen molar-refractivity contribution in [2.75, 3.05) is 13.1 Å². The Balaban J connectivity index is 2.33. The summed E-state index contributed by atoms with van der Waals surface area (Å²) in [5.41, 5.74) is 0. The number of carbonyl (C=O) groups excluding carboxylic acids is 1. The maximum absolute atomic E-state index is 11.3. The molecule has 1 rings (SSSR count). The zero-order valence-corrected chi connectivity index (χ0v) is 8.62. The van der Waals surface area contributed by atoms with Crippen molar-refractivity contribution >= 4 is 5.78 Å². The minimum absolute atomic E-state index is 0.126. The van der Waals surface area contributed by atoms with Gasteiger partial charge in [-0.15, -0.1) is 0 Å². The van der Waals surface area contributed by atoms with Gasteiger partial charge in [-0.1, -0.05) is 13.8 Å². The summed E-state index contributed by atoms with van der Waals surface area (Å²) < 4.78 is 0. The summed E-state index contributed by atoms with van der Waals surface area (Å²) in [6.07, 6.45) is 7.54. The van der Waals surface area contributed by atoms with Crippen molar-refractivity contribution in [3.05, 3.63) is 12.3 Å². The van der Waals surface area contributed by atoms with Crippen LogP contribution in [0.1, 0.15) is 33.1 Å². The molecule has 0 radical (unpaired) electrons. The molecule has 0 aromatic carbocycles. The van der Waals surface area contributed by atoms with Gasteiger partial charge in [0, 0.05) is 25.2 Å². The highest BCUT2D eigenvalue weighted by Crippen LogP contribution is 2.09. The van der Waals surface area contributed by atoms with Crippen LogP contribution in [0.5, 0.6) is 0 Å². The number of ketones is 1. The molecule has 0 aromatic heterocycles. The minimum atomic E-state index is 0.126. The fourth-order valence-corrected chi connectivity index (χ4v) is 1.44. The van der Waals surface area contributed by atoms with Crippen LogP contribution in [0.15, 0.2) is 12.3 Å². The number of carbonyl (C=O) groups is 1. The number of likely N-dealkylation sites (tertiary alicyclic amines) is 1. The molecule has 0 bridgehead atoms. The standard InChI is InChI=1S/C11H19NO/c1-10(2)11(13)6-9-12-7-4-3-5-8-12/h6,9-10H,3-5,7-8H2,1-2H3. The maximum atomic E-state index is 11.3. The molecule has 2 nitrogen and oxygen atoms in total. The molecule has 0 unspecified atom stereocenters. The summed E-state index contributed by atoms with van der Waals surface area (Å²) in [6, 6.07) is 0. The van der Waals surface area contributed by atoms with E-state index in [-0.39, 0.29) is 11.7 Å². The molecule has 1 aliphatic rings. The topological polar surface area (TPSA) is 20.3 Å². The minimum Gasteiger partial charge on any atom is -0.377 e. The van der Waals surface area contributed by atoms with Crippen LogP contribution in [0.25, 0.3) is 0 Å². The van der Waals surface area contributed by atoms with Crippen molar-refractivity contribution in [1.82, 2.24) is 4.90 Å². The third kappa shape index (κ3) is 3.62. The molecular formula is C11H19NO. The summed E-state index contributed by atoms with van der Waals surface area (Å²) in [7, 11) is 0. The zero-order valence-electron chi connectivity index (χ0n) is 8.62. The van der Waals surface area contributed by atoms with Crippen LogP contribution in [-0.4, -0.2) is 23.8 Å². The summed E-state index contributed by atoms with van der Waals surface area (Å²) in [6.45, 7) is 6.09. The second-order valence-electron chi connectivity index (χ2n) is 3.97. The van der Waals surface area contributed by atoms with Crippen LogP contribution < -0.4 is 0 Å². The van der Waals surface area contributed by atoms with E-state index in [2.05, 4.69) is 4.90 Å². The second kappa shape index (κ2) is 5.05. The molecule has 0 saturated carbocycles. The molecule has 0 N–H and O–H groups in total. The van der Waals surface area contributed by atoms with Crippen LogP contribution in [0.4, 0.5) is 0 Å². The van der Waals surface area contributed by atoms with E-state index in [1.54, 1.807) is 6.08 Å². The van der Waals surface area contributed by atoms with E-state index < -0.39 is 0 Å². The van der Waals surface area contributed by atoms with Crippen molar-refractivity contribution in [1.29, 1.82) is 0 Å². The smallest absolute Gasteiger partial charge is 0.159 e. The Morgan fingerprint density at radius 3 is 2.38 bits per heavy atom. The zero-order chi connectivity index (χ0) is 9.68. The second-order valence-corrected chi connectivity index (χ2v) is 3.97. The quantitative estimate of drug-likeness (QED) is 0.622. The van der Waals surface area contributed by atoms with E-state index in [4.69, 9.17) is 0 Å². The van der Waals surface area contributed by atoms with Crippen molar-refractivity contribution in [3.63, 3.8) is 0 Å². The number of nitrogens with zero attached hydrogens (tertiary/aromatic N) is 1. The van der Waals surface area contributed by atoms with Crippen molar-refractivity contribution in [3.8, 4) is 0 Å². The van der Waals surface area contributed by atoms with Crippen LogP contribution in [0.2, 0.25) is 0 Å². The number of rotatable bonds is 3. The van der Waals surface area contributed by atoms with E-state index in [1.165, 1.54) is 19.3 Å². The SMILES string of the molecule is CC(C)C(=O)C=CN1CCCCC1. The number of hydrogen-bond donors (Lipinski definition) is 0. The van der Waals surface area contributed by atoms with Gasteiger partial charge >= 0.3 is 0 Å². The molecular weight excluding hydrogens is 162 g/mol. The lowest BCUT2D eigenvalue weighted by Crippen LogP contribution is -2.24. The van der Waals surface area contributed by atoms with Gasteiger partial charge in [0.25, 0.3) is 0 Å². The number of allylic oxidation sites excluding steroid dienone is 1. The molecule has 0 aromatic rings. The van der Waals surface area contributed by atoms with Gasteiger partial charge in [0.05, 0.1) is 0 Å². The summed E-state index contributed by atoms with van der Waals surface area (Å²) in [4.78, 5) is 13.5. The average molecular weight is 181 g/mol. The van der Waals surface area contributed by atoms with Gasteiger partial charge in [0.15, 0.2) is 5.78 Å². The van der Waals surface area contributed by atoms with Crippen LogP contribution in [0, 0.1) is 5.92 Å². The Morgan fingerprint density at radius 1 is 1.23 bits per heavy atom. The van der Waals surface area contributed by atoms with E-state index in [1.807, 2.05) is 20.0 Å². The highest BCUT2D eigenvalue weighted by Gasteiger charge is 2.07.